The first-order valence-corrected chi connectivity index (χ1v) is 10.1. The van der Waals surface area contributed by atoms with Gasteiger partial charge in [0.2, 0.25) is 0 Å². The van der Waals surface area contributed by atoms with Crippen molar-refractivity contribution in [3.8, 4) is 0 Å². The molecule has 0 unspecified atom stereocenters. The minimum atomic E-state index is -0.0540. The van der Waals surface area contributed by atoms with Gasteiger partial charge in [0.25, 0.3) is 0 Å². The van der Waals surface area contributed by atoms with Gasteiger partial charge in [-0.3, -0.25) is 4.90 Å². The summed E-state index contributed by atoms with van der Waals surface area (Å²) in [6.07, 6.45) is 3.12. The summed E-state index contributed by atoms with van der Waals surface area (Å²) in [6.45, 7) is 6.18. The highest BCUT2D eigenvalue weighted by atomic mass is 35.5. The average molecular weight is 397 g/mol. The van der Waals surface area contributed by atoms with Crippen molar-refractivity contribution in [2.24, 2.45) is 0 Å². The number of piperazine rings is 1. The molecule has 2 aromatic carbocycles. The SMILES string of the molecule is Cc1c(Cl)cccc1NC(=O)N1CCN(CCc2c[nH]c3ccccc23)CC1. The number of nitrogens with one attached hydrogen (secondary N) is 2. The number of carbonyl (C=O) groups excluding carboxylic acids is 1. The fourth-order valence-corrected chi connectivity index (χ4v) is 3.90. The highest BCUT2D eigenvalue weighted by molar-refractivity contribution is 6.31. The third-order valence-electron chi connectivity index (χ3n) is 5.54. The van der Waals surface area contributed by atoms with E-state index in [2.05, 4.69) is 45.7 Å². The molecule has 28 heavy (non-hydrogen) atoms. The van der Waals surface area contributed by atoms with Crippen LogP contribution in [0.25, 0.3) is 10.9 Å². The largest absolute Gasteiger partial charge is 0.361 e. The molecule has 1 aliphatic heterocycles. The van der Waals surface area contributed by atoms with E-state index < -0.39 is 0 Å². The van der Waals surface area contributed by atoms with E-state index in [1.54, 1.807) is 0 Å². The molecule has 3 aromatic rings. The molecule has 2 N–H and O–H groups in total. The molecule has 0 atom stereocenters. The van der Waals surface area contributed by atoms with Crippen LogP contribution in [0.2, 0.25) is 5.02 Å². The van der Waals surface area contributed by atoms with Crippen molar-refractivity contribution in [1.82, 2.24) is 14.8 Å². The number of aromatic amines is 1. The van der Waals surface area contributed by atoms with Crippen LogP contribution in [0.3, 0.4) is 0 Å². The van der Waals surface area contributed by atoms with Crippen LogP contribution in [0.15, 0.2) is 48.7 Å². The molecule has 0 aliphatic carbocycles. The minimum absolute atomic E-state index is 0.0540. The summed E-state index contributed by atoms with van der Waals surface area (Å²) < 4.78 is 0. The molecule has 1 aliphatic rings. The first-order chi connectivity index (χ1) is 13.6. The lowest BCUT2D eigenvalue weighted by Crippen LogP contribution is -2.50. The van der Waals surface area contributed by atoms with Crippen molar-refractivity contribution in [3.63, 3.8) is 0 Å². The Hall–Kier alpha value is -2.50. The smallest absolute Gasteiger partial charge is 0.321 e. The number of rotatable bonds is 4. The molecule has 0 radical (unpaired) electrons. The molecular formula is C22H25ClN4O. The van der Waals surface area contributed by atoms with Crippen molar-refractivity contribution in [2.75, 3.05) is 38.0 Å². The van der Waals surface area contributed by atoms with Gasteiger partial charge in [0.1, 0.15) is 0 Å². The van der Waals surface area contributed by atoms with Crippen LogP contribution in [0.5, 0.6) is 0 Å². The average Bonchev–Trinajstić information content (AvgIpc) is 3.13. The van der Waals surface area contributed by atoms with Crippen molar-refractivity contribution in [2.45, 2.75) is 13.3 Å². The van der Waals surface area contributed by atoms with Crippen molar-refractivity contribution in [3.05, 3.63) is 64.8 Å². The molecule has 6 heteroatoms. The van der Waals surface area contributed by atoms with Crippen LogP contribution in [-0.2, 0) is 6.42 Å². The molecule has 0 bridgehead atoms. The Morgan fingerprint density at radius 2 is 1.89 bits per heavy atom. The number of anilines is 1. The van der Waals surface area contributed by atoms with E-state index >= 15 is 0 Å². The number of carbonyl (C=O) groups is 1. The summed E-state index contributed by atoms with van der Waals surface area (Å²) in [5, 5.41) is 4.96. The lowest BCUT2D eigenvalue weighted by Gasteiger charge is -2.34. The Labute approximate surface area is 170 Å². The first-order valence-electron chi connectivity index (χ1n) is 9.70. The zero-order valence-corrected chi connectivity index (χ0v) is 16.8. The molecule has 0 spiro atoms. The topological polar surface area (TPSA) is 51.4 Å². The number of halogens is 1. The number of fused-ring (bicyclic) bond motifs is 1. The molecule has 1 saturated heterocycles. The van der Waals surface area contributed by atoms with Crippen LogP contribution in [0.1, 0.15) is 11.1 Å². The summed E-state index contributed by atoms with van der Waals surface area (Å²) in [7, 11) is 0. The lowest BCUT2D eigenvalue weighted by molar-refractivity contribution is 0.148. The number of hydrogen-bond acceptors (Lipinski definition) is 2. The van der Waals surface area contributed by atoms with E-state index in [0.29, 0.717) is 5.02 Å². The minimum Gasteiger partial charge on any atom is -0.361 e. The Morgan fingerprint density at radius 3 is 2.71 bits per heavy atom. The number of benzene rings is 2. The van der Waals surface area contributed by atoms with E-state index in [1.165, 1.54) is 16.5 Å². The Balaban J connectivity index is 1.28. The number of para-hydroxylation sites is 1. The van der Waals surface area contributed by atoms with Crippen LogP contribution >= 0.6 is 11.6 Å². The fraction of sp³-hybridized carbons (Fsp3) is 0.318. The van der Waals surface area contributed by atoms with Gasteiger partial charge in [-0.1, -0.05) is 35.9 Å². The fourth-order valence-electron chi connectivity index (χ4n) is 3.73. The highest BCUT2D eigenvalue weighted by Crippen LogP contribution is 2.23. The van der Waals surface area contributed by atoms with Gasteiger partial charge in [-0.25, -0.2) is 4.79 Å². The van der Waals surface area contributed by atoms with Crippen LogP contribution < -0.4 is 5.32 Å². The second kappa shape index (κ2) is 8.25. The maximum atomic E-state index is 12.6. The molecule has 4 rings (SSSR count). The number of urea groups is 1. The van der Waals surface area contributed by atoms with Crippen molar-refractivity contribution < 1.29 is 4.79 Å². The number of amides is 2. The zero-order chi connectivity index (χ0) is 19.5. The van der Waals surface area contributed by atoms with E-state index in [0.717, 1.165) is 50.4 Å². The summed E-state index contributed by atoms with van der Waals surface area (Å²) in [5.74, 6) is 0. The molecule has 1 aromatic heterocycles. The van der Waals surface area contributed by atoms with Crippen LogP contribution in [-0.4, -0.2) is 53.5 Å². The second-order valence-electron chi connectivity index (χ2n) is 7.28. The van der Waals surface area contributed by atoms with Gasteiger partial charge >= 0.3 is 6.03 Å². The molecule has 146 valence electrons. The third-order valence-corrected chi connectivity index (χ3v) is 5.95. The molecule has 2 heterocycles. The van der Waals surface area contributed by atoms with E-state index in [-0.39, 0.29) is 6.03 Å². The highest BCUT2D eigenvalue weighted by Gasteiger charge is 2.21. The standard InChI is InChI=1S/C22H25ClN4O/c1-16-19(23)6-4-8-20(16)25-22(28)27-13-11-26(12-14-27)10-9-17-15-24-21-7-3-2-5-18(17)21/h2-8,15,24H,9-14H2,1H3,(H,25,28). The number of nitrogens with zero attached hydrogens (tertiary/aromatic N) is 2. The molecule has 2 amide bonds. The van der Waals surface area contributed by atoms with Crippen molar-refractivity contribution >= 4 is 34.2 Å². The second-order valence-corrected chi connectivity index (χ2v) is 7.69. The normalized spacial score (nSPS) is 15.1. The molecule has 0 saturated carbocycles. The maximum absolute atomic E-state index is 12.6. The van der Waals surface area contributed by atoms with E-state index in [9.17, 15) is 4.79 Å². The molecule has 1 fully saturated rings. The first kappa shape index (κ1) is 18.8. The van der Waals surface area contributed by atoms with Gasteiger partial charge in [0.05, 0.1) is 0 Å². The Morgan fingerprint density at radius 1 is 1.11 bits per heavy atom. The summed E-state index contributed by atoms with van der Waals surface area (Å²) in [6, 6.07) is 13.9. The van der Waals surface area contributed by atoms with Crippen molar-refractivity contribution in [1.29, 1.82) is 0 Å². The predicted molar refractivity (Wildman–Crippen MR) is 115 cm³/mol. The van der Waals surface area contributed by atoms with Gasteiger partial charge in [0.15, 0.2) is 0 Å². The Kier molecular flexibility index (Phi) is 5.55. The summed E-state index contributed by atoms with van der Waals surface area (Å²) >= 11 is 6.14. The summed E-state index contributed by atoms with van der Waals surface area (Å²) in [4.78, 5) is 20.2. The monoisotopic (exact) mass is 396 g/mol. The summed E-state index contributed by atoms with van der Waals surface area (Å²) in [5.41, 5.74) is 4.22. The van der Waals surface area contributed by atoms with Crippen LogP contribution in [0, 0.1) is 6.92 Å². The third kappa shape index (κ3) is 4.01. The lowest BCUT2D eigenvalue weighted by atomic mass is 10.1. The number of H-pyrrole nitrogens is 1. The number of hydrogen-bond donors (Lipinski definition) is 2. The molecular weight excluding hydrogens is 372 g/mol. The van der Waals surface area contributed by atoms with Gasteiger partial charge < -0.3 is 15.2 Å². The quantitative estimate of drug-likeness (QED) is 0.681. The van der Waals surface area contributed by atoms with E-state index in [1.807, 2.05) is 30.0 Å². The van der Waals surface area contributed by atoms with Gasteiger partial charge in [-0.15, -0.1) is 0 Å². The van der Waals surface area contributed by atoms with Crippen LogP contribution in [0.4, 0.5) is 10.5 Å². The maximum Gasteiger partial charge on any atom is 0.321 e. The van der Waals surface area contributed by atoms with E-state index in [4.69, 9.17) is 11.6 Å². The Bertz CT molecular complexity index is 976. The van der Waals surface area contributed by atoms with Gasteiger partial charge in [-0.05, 0) is 42.7 Å². The van der Waals surface area contributed by atoms with Gasteiger partial charge in [-0.2, -0.15) is 0 Å². The van der Waals surface area contributed by atoms with Gasteiger partial charge in [0, 0.05) is 60.5 Å². The molecule has 5 nitrogen and oxygen atoms in total. The zero-order valence-electron chi connectivity index (χ0n) is 16.0. The predicted octanol–water partition coefficient (Wildman–Crippen LogP) is 4.52. The number of aromatic nitrogens is 1.